The highest BCUT2D eigenvalue weighted by molar-refractivity contribution is 5.75. The van der Waals surface area contributed by atoms with E-state index in [9.17, 15) is 14.8 Å². The predicted octanol–water partition coefficient (Wildman–Crippen LogP) is 0.891. The van der Waals surface area contributed by atoms with Crippen LogP contribution in [0.25, 0.3) is 0 Å². The minimum atomic E-state index is -1.09. The number of carbonyl (C=O) groups is 2. The lowest BCUT2D eigenvalue weighted by Crippen LogP contribution is -2.40. The summed E-state index contributed by atoms with van der Waals surface area (Å²) in [6.07, 6.45) is 0.965. The first-order chi connectivity index (χ1) is 9.23. The van der Waals surface area contributed by atoms with Crippen molar-refractivity contribution in [2.45, 2.75) is 39.7 Å². The van der Waals surface area contributed by atoms with E-state index in [2.05, 4.69) is 10.1 Å². The number of carbonyl (C=O) groups excluding carboxylic acids is 1. The minimum Gasteiger partial charge on any atom is -0.569 e. The Kier molecular flexibility index (Phi) is 5.12. The topological polar surface area (TPSA) is 114 Å². The molecule has 1 saturated heterocycles. The molecule has 1 rings (SSSR count). The molecule has 1 aliphatic heterocycles. The molecule has 0 spiro atoms. The molecule has 0 saturated carbocycles. The van der Waals surface area contributed by atoms with Crippen LogP contribution in [-0.4, -0.2) is 46.4 Å². The molecule has 1 aliphatic rings. The van der Waals surface area contributed by atoms with Gasteiger partial charge in [-0.05, 0) is 33.6 Å². The van der Waals surface area contributed by atoms with Crippen LogP contribution in [0.15, 0.2) is 5.28 Å². The lowest BCUT2D eigenvalue weighted by Gasteiger charge is -2.17. The summed E-state index contributed by atoms with van der Waals surface area (Å²) in [6, 6.07) is -0.906. The molecule has 114 valence electrons. The van der Waals surface area contributed by atoms with Crippen molar-refractivity contribution in [1.82, 2.24) is 5.01 Å². The molecule has 0 aromatic heterocycles. The van der Waals surface area contributed by atoms with Crippen molar-refractivity contribution in [3.8, 4) is 0 Å². The van der Waals surface area contributed by atoms with E-state index in [0.717, 1.165) is 5.01 Å². The first kappa shape index (κ1) is 16.0. The molecule has 20 heavy (non-hydrogen) atoms. The van der Waals surface area contributed by atoms with Crippen molar-refractivity contribution in [3.05, 3.63) is 5.21 Å². The summed E-state index contributed by atoms with van der Waals surface area (Å²) in [6.45, 7) is 4.81. The molecule has 1 heterocycles. The summed E-state index contributed by atoms with van der Waals surface area (Å²) >= 11 is 0. The molecule has 0 aliphatic carbocycles. The van der Waals surface area contributed by atoms with Gasteiger partial charge < -0.3 is 19.9 Å². The van der Waals surface area contributed by atoms with Gasteiger partial charge in [-0.1, -0.05) is 0 Å². The number of carboxylic acid groups (broad SMARTS) is 1. The van der Waals surface area contributed by atoms with Gasteiger partial charge in [0.1, 0.15) is 0 Å². The zero-order valence-electron chi connectivity index (χ0n) is 11.7. The van der Waals surface area contributed by atoms with E-state index in [1.54, 1.807) is 20.8 Å². The molecule has 0 aromatic rings. The number of carboxylic acids is 1. The van der Waals surface area contributed by atoms with Gasteiger partial charge >= 0.3 is 11.9 Å². The lowest BCUT2D eigenvalue weighted by molar-refractivity contribution is -0.712. The fraction of sp³-hybridized carbons (Fsp3) is 0.818. The molecule has 9 nitrogen and oxygen atoms in total. The van der Waals surface area contributed by atoms with Crippen LogP contribution in [0.3, 0.4) is 0 Å². The number of hydrazine groups is 1. The molecule has 0 bridgehead atoms. The summed E-state index contributed by atoms with van der Waals surface area (Å²) in [5.74, 6) is -1.58. The monoisotopic (exact) mass is 289 g/mol. The van der Waals surface area contributed by atoms with Crippen LogP contribution in [0.2, 0.25) is 0 Å². The van der Waals surface area contributed by atoms with E-state index in [-0.39, 0.29) is 11.5 Å². The second kappa shape index (κ2) is 6.40. The molecular weight excluding hydrogens is 270 g/mol. The zero-order valence-corrected chi connectivity index (χ0v) is 11.7. The third-order valence-corrected chi connectivity index (χ3v) is 2.71. The smallest absolute Gasteiger partial charge is 0.332 e. The maximum absolute atomic E-state index is 11.5. The van der Waals surface area contributed by atoms with Crippen molar-refractivity contribution in [2.24, 2.45) is 10.7 Å². The van der Waals surface area contributed by atoms with Crippen molar-refractivity contribution < 1.29 is 29.2 Å². The highest BCUT2D eigenvalue weighted by Gasteiger charge is 2.36. The van der Waals surface area contributed by atoms with E-state index in [4.69, 9.17) is 9.84 Å². The van der Waals surface area contributed by atoms with Crippen molar-refractivity contribution >= 4 is 11.9 Å². The van der Waals surface area contributed by atoms with Crippen LogP contribution >= 0.6 is 0 Å². The Morgan fingerprint density at radius 2 is 2.15 bits per heavy atom. The predicted molar refractivity (Wildman–Crippen MR) is 64.9 cm³/mol. The standard InChI is InChI=1S/C11H19N3O6/c1-11(2,3)10(17)19-7-20-12-14(18)13-6-4-5-8(13)9(15)16/h8H,4-7H2,1-3H3,(H,15,16)/t8-/m0/s1. The van der Waals surface area contributed by atoms with E-state index in [0.29, 0.717) is 12.8 Å². The molecule has 1 fully saturated rings. The Morgan fingerprint density at radius 1 is 1.50 bits per heavy atom. The number of hydrogen-bond acceptors (Lipinski definition) is 6. The highest BCUT2D eigenvalue weighted by atomic mass is 16.8. The Morgan fingerprint density at radius 3 is 2.70 bits per heavy atom. The summed E-state index contributed by atoms with van der Waals surface area (Å²) in [5, 5.41) is 24.6. The summed E-state index contributed by atoms with van der Waals surface area (Å²) in [4.78, 5) is 26.9. The number of ether oxygens (including phenoxy) is 1. The third kappa shape index (κ3) is 4.25. The lowest BCUT2D eigenvalue weighted by atomic mass is 9.98. The van der Waals surface area contributed by atoms with Gasteiger partial charge in [-0.25, -0.2) is 4.79 Å². The van der Waals surface area contributed by atoms with Gasteiger partial charge in [0.25, 0.3) is 6.79 Å². The first-order valence-corrected chi connectivity index (χ1v) is 6.20. The third-order valence-electron chi connectivity index (χ3n) is 2.71. The number of hydrogen-bond donors (Lipinski definition) is 1. The van der Waals surface area contributed by atoms with Crippen LogP contribution < -0.4 is 0 Å². The van der Waals surface area contributed by atoms with Crippen LogP contribution in [0.5, 0.6) is 0 Å². The molecule has 0 aromatic carbocycles. The molecule has 0 amide bonds. The highest BCUT2D eigenvalue weighted by Crippen LogP contribution is 2.17. The van der Waals surface area contributed by atoms with Crippen molar-refractivity contribution in [2.75, 3.05) is 13.3 Å². The molecule has 0 radical (unpaired) electrons. The largest absolute Gasteiger partial charge is 0.569 e. The Balaban J connectivity index is 2.42. The van der Waals surface area contributed by atoms with Crippen LogP contribution in [0, 0.1) is 10.6 Å². The minimum absolute atomic E-state index is 0.0801. The van der Waals surface area contributed by atoms with E-state index in [1.165, 1.54) is 0 Å². The quantitative estimate of drug-likeness (QED) is 0.199. The molecular formula is C11H19N3O6. The van der Waals surface area contributed by atoms with Crippen molar-refractivity contribution in [3.63, 3.8) is 0 Å². The first-order valence-electron chi connectivity index (χ1n) is 6.20. The second-order valence-corrected chi connectivity index (χ2v) is 5.42. The number of rotatable bonds is 5. The van der Waals surface area contributed by atoms with Crippen molar-refractivity contribution in [1.29, 1.82) is 0 Å². The average molecular weight is 289 g/mol. The van der Waals surface area contributed by atoms with Gasteiger partial charge in [-0.2, -0.15) is 0 Å². The molecule has 0 unspecified atom stereocenters. The van der Waals surface area contributed by atoms with Crippen LogP contribution in [-0.2, 0) is 19.2 Å². The van der Waals surface area contributed by atoms with Gasteiger partial charge in [0, 0.05) is 0 Å². The fourth-order valence-corrected chi connectivity index (χ4v) is 1.62. The molecule has 1 N–H and O–H groups in total. The van der Waals surface area contributed by atoms with Gasteiger partial charge in [0.2, 0.25) is 5.28 Å². The molecule has 1 atom stereocenters. The van der Waals surface area contributed by atoms with E-state index < -0.39 is 30.2 Å². The summed E-state index contributed by atoms with van der Waals surface area (Å²) < 4.78 is 4.74. The van der Waals surface area contributed by atoms with E-state index >= 15 is 0 Å². The number of nitrogens with zero attached hydrogens (tertiary/aromatic N) is 3. The summed E-state index contributed by atoms with van der Waals surface area (Å²) in [5.41, 5.74) is -0.677. The van der Waals surface area contributed by atoms with Gasteiger partial charge in [-0.15, -0.1) is 5.01 Å². The Bertz CT molecular complexity index is 403. The Labute approximate surface area is 116 Å². The zero-order chi connectivity index (χ0) is 15.3. The van der Waals surface area contributed by atoms with Crippen LogP contribution in [0.4, 0.5) is 0 Å². The second-order valence-electron chi connectivity index (χ2n) is 5.42. The average Bonchev–Trinajstić information content (AvgIpc) is 2.82. The maximum atomic E-state index is 11.5. The Hall–Kier alpha value is -2.06. The summed E-state index contributed by atoms with van der Waals surface area (Å²) in [7, 11) is 0. The van der Waals surface area contributed by atoms with E-state index in [1.807, 2.05) is 0 Å². The van der Waals surface area contributed by atoms with Gasteiger partial charge in [0.15, 0.2) is 6.04 Å². The number of aliphatic carboxylic acids is 1. The molecule has 9 heteroatoms. The maximum Gasteiger partial charge on any atom is 0.332 e. The van der Waals surface area contributed by atoms with Crippen LogP contribution in [0.1, 0.15) is 33.6 Å². The fourth-order valence-electron chi connectivity index (χ4n) is 1.62. The number of esters is 1. The van der Waals surface area contributed by atoms with Gasteiger partial charge in [0.05, 0.1) is 16.9 Å². The SMILES string of the molecule is CC(C)(C)C(=O)OCON=[N+]([O-])N1CCC[C@H]1C(=O)O. The van der Waals surface area contributed by atoms with Gasteiger partial charge in [-0.3, -0.25) is 4.79 Å². The normalized spacial score (nSPS) is 19.9.